The lowest BCUT2D eigenvalue weighted by atomic mass is 10.1. The fourth-order valence-electron chi connectivity index (χ4n) is 3.69. The first-order chi connectivity index (χ1) is 14.1. The van der Waals surface area contributed by atoms with Crippen molar-refractivity contribution < 1.29 is 4.79 Å². The predicted octanol–water partition coefficient (Wildman–Crippen LogP) is 3.71. The van der Waals surface area contributed by atoms with Gasteiger partial charge in [0.1, 0.15) is 0 Å². The first kappa shape index (κ1) is 20.9. The van der Waals surface area contributed by atoms with E-state index in [1.807, 2.05) is 17.0 Å². The monoisotopic (exact) mass is 392 g/mol. The molecule has 3 rings (SSSR count). The number of aryl methyl sites for hydroxylation is 1. The van der Waals surface area contributed by atoms with Crippen LogP contribution in [-0.2, 0) is 24.4 Å². The number of hydrogen-bond donors (Lipinski definition) is 1. The number of rotatable bonds is 7. The first-order valence-corrected chi connectivity index (χ1v) is 10.5. The van der Waals surface area contributed by atoms with E-state index in [4.69, 9.17) is 4.99 Å². The van der Waals surface area contributed by atoms with Crippen LogP contribution < -0.4 is 5.32 Å². The molecule has 1 fully saturated rings. The van der Waals surface area contributed by atoms with Gasteiger partial charge in [-0.1, -0.05) is 48.5 Å². The lowest BCUT2D eigenvalue weighted by Crippen LogP contribution is -2.38. The average Bonchev–Trinajstić information content (AvgIpc) is 3.12. The Bertz CT molecular complexity index is 861. The Morgan fingerprint density at radius 1 is 1.10 bits per heavy atom. The molecule has 0 spiro atoms. The summed E-state index contributed by atoms with van der Waals surface area (Å²) in [6.07, 6.45) is 1.64. The molecule has 0 atom stereocenters. The smallest absolute Gasteiger partial charge is 0.222 e. The molecule has 5 heteroatoms. The molecule has 0 bridgehead atoms. The van der Waals surface area contributed by atoms with E-state index in [9.17, 15) is 4.79 Å². The van der Waals surface area contributed by atoms with Crippen molar-refractivity contribution in [2.75, 3.05) is 20.1 Å². The van der Waals surface area contributed by atoms with Gasteiger partial charge in [0.05, 0.1) is 6.54 Å². The van der Waals surface area contributed by atoms with Gasteiger partial charge in [0, 0.05) is 39.6 Å². The summed E-state index contributed by atoms with van der Waals surface area (Å²) in [6, 6.07) is 16.8. The minimum atomic E-state index is 0.259. The molecule has 2 aromatic rings. The summed E-state index contributed by atoms with van der Waals surface area (Å²) < 4.78 is 0. The zero-order valence-electron chi connectivity index (χ0n) is 17.8. The molecule has 1 amide bonds. The summed E-state index contributed by atoms with van der Waals surface area (Å²) in [7, 11) is 2.07. The number of carbonyl (C=O) groups excluding carboxylic acids is 1. The quantitative estimate of drug-likeness (QED) is 0.577. The number of likely N-dealkylation sites (tertiary alicyclic amines) is 1. The second kappa shape index (κ2) is 10.1. The van der Waals surface area contributed by atoms with Gasteiger partial charge in [-0.15, -0.1) is 0 Å². The van der Waals surface area contributed by atoms with Crippen LogP contribution in [0.2, 0.25) is 0 Å². The van der Waals surface area contributed by atoms with E-state index in [0.29, 0.717) is 19.5 Å². The highest BCUT2D eigenvalue weighted by Gasteiger charge is 2.20. The van der Waals surface area contributed by atoms with Gasteiger partial charge in [-0.05, 0) is 42.5 Å². The average molecular weight is 393 g/mol. The van der Waals surface area contributed by atoms with Crippen LogP contribution in [0, 0.1) is 6.92 Å². The maximum atomic E-state index is 12.0. The van der Waals surface area contributed by atoms with Crippen LogP contribution in [0.15, 0.2) is 53.5 Å². The Balaban J connectivity index is 1.73. The number of amides is 1. The number of aliphatic imine (C=N–C) groups is 1. The molecule has 0 radical (unpaired) electrons. The van der Waals surface area contributed by atoms with Crippen LogP contribution >= 0.6 is 0 Å². The van der Waals surface area contributed by atoms with Crippen molar-refractivity contribution in [3.8, 4) is 0 Å². The molecular formula is C24H32N4O. The van der Waals surface area contributed by atoms with Crippen LogP contribution in [0.5, 0.6) is 0 Å². The van der Waals surface area contributed by atoms with Crippen molar-refractivity contribution in [2.45, 2.75) is 46.3 Å². The summed E-state index contributed by atoms with van der Waals surface area (Å²) in [6.45, 7) is 7.99. The summed E-state index contributed by atoms with van der Waals surface area (Å²) in [5.41, 5.74) is 4.94. The number of benzene rings is 2. The van der Waals surface area contributed by atoms with E-state index in [-0.39, 0.29) is 5.91 Å². The Morgan fingerprint density at radius 2 is 1.79 bits per heavy atom. The van der Waals surface area contributed by atoms with E-state index in [2.05, 4.69) is 67.5 Å². The van der Waals surface area contributed by atoms with Gasteiger partial charge < -0.3 is 15.1 Å². The third-order valence-electron chi connectivity index (χ3n) is 5.42. The molecular weight excluding hydrogens is 360 g/mol. The van der Waals surface area contributed by atoms with Gasteiger partial charge >= 0.3 is 0 Å². The van der Waals surface area contributed by atoms with E-state index in [0.717, 1.165) is 32.0 Å². The molecule has 1 heterocycles. The molecule has 1 aliphatic rings. The fraction of sp³-hybridized carbons (Fsp3) is 0.417. The van der Waals surface area contributed by atoms with Crippen LogP contribution in [0.25, 0.3) is 0 Å². The lowest BCUT2D eigenvalue weighted by Gasteiger charge is -2.23. The van der Waals surface area contributed by atoms with Gasteiger partial charge in [-0.2, -0.15) is 0 Å². The van der Waals surface area contributed by atoms with Crippen LogP contribution in [0.3, 0.4) is 0 Å². The lowest BCUT2D eigenvalue weighted by molar-refractivity contribution is -0.128. The third-order valence-corrected chi connectivity index (χ3v) is 5.42. The normalized spacial score (nSPS) is 14.4. The minimum absolute atomic E-state index is 0.259. The van der Waals surface area contributed by atoms with Crippen LogP contribution in [0.1, 0.15) is 42.0 Å². The standard InChI is InChI=1S/C24H32N4O/c1-4-25-24(27(3)17-21-12-6-5-10-19(21)2)26-16-20-11-7-8-13-22(20)18-28-15-9-14-23(28)29/h5-8,10-13H,4,9,14-18H2,1-3H3,(H,25,26). The Kier molecular flexibility index (Phi) is 7.28. The second-order valence-corrected chi connectivity index (χ2v) is 7.64. The topological polar surface area (TPSA) is 47.9 Å². The van der Waals surface area contributed by atoms with E-state index in [1.54, 1.807) is 0 Å². The molecule has 0 unspecified atom stereocenters. The SMILES string of the molecule is CCNC(=NCc1ccccc1CN1CCCC1=O)N(C)Cc1ccccc1C. The van der Waals surface area contributed by atoms with Gasteiger partial charge in [0.2, 0.25) is 5.91 Å². The molecule has 0 aromatic heterocycles. The zero-order valence-corrected chi connectivity index (χ0v) is 17.8. The molecule has 0 saturated carbocycles. The maximum absolute atomic E-state index is 12.0. The minimum Gasteiger partial charge on any atom is -0.357 e. The largest absolute Gasteiger partial charge is 0.357 e. The number of hydrogen-bond acceptors (Lipinski definition) is 2. The van der Waals surface area contributed by atoms with Crippen LogP contribution in [-0.4, -0.2) is 41.8 Å². The predicted molar refractivity (Wildman–Crippen MR) is 119 cm³/mol. The van der Waals surface area contributed by atoms with Crippen molar-refractivity contribution >= 4 is 11.9 Å². The molecule has 29 heavy (non-hydrogen) atoms. The van der Waals surface area contributed by atoms with Crippen LogP contribution in [0.4, 0.5) is 0 Å². The van der Waals surface area contributed by atoms with Crippen molar-refractivity contribution in [3.63, 3.8) is 0 Å². The Labute approximate surface area is 174 Å². The molecule has 1 N–H and O–H groups in total. The summed E-state index contributed by atoms with van der Waals surface area (Å²) >= 11 is 0. The van der Waals surface area contributed by atoms with E-state index in [1.165, 1.54) is 22.3 Å². The highest BCUT2D eigenvalue weighted by molar-refractivity contribution is 5.80. The van der Waals surface area contributed by atoms with E-state index < -0.39 is 0 Å². The molecule has 0 aliphatic carbocycles. The highest BCUT2D eigenvalue weighted by Crippen LogP contribution is 2.18. The van der Waals surface area contributed by atoms with Crippen molar-refractivity contribution in [2.24, 2.45) is 4.99 Å². The summed E-state index contributed by atoms with van der Waals surface area (Å²) in [5.74, 6) is 1.15. The van der Waals surface area contributed by atoms with Crippen molar-refractivity contribution in [3.05, 3.63) is 70.8 Å². The van der Waals surface area contributed by atoms with Gasteiger partial charge in [-0.3, -0.25) is 4.79 Å². The second-order valence-electron chi connectivity index (χ2n) is 7.64. The molecule has 5 nitrogen and oxygen atoms in total. The zero-order chi connectivity index (χ0) is 20.6. The third kappa shape index (κ3) is 5.59. The number of carbonyl (C=O) groups is 1. The van der Waals surface area contributed by atoms with Gasteiger partial charge in [0.25, 0.3) is 0 Å². The van der Waals surface area contributed by atoms with Crippen molar-refractivity contribution in [1.29, 1.82) is 0 Å². The number of nitrogens with zero attached hydrogens (tertiary/aromatic N) is 3. The van der Waals surface area contributed by atoms with Gasteiger partial charge in [-0.25, -0.2) is 4.99 Å². The highest BCUT2D eigenvalue weighted by atomic mass is 16.2. The Morgan fingerprint density at radius 3 is 2.45 bits per heavy atom. The molecule has 1 aliphatic heterocycles. The first-order valence-electron chi connectivity index (χ1n) is 10.5. The van der Waals surface area contributed by atoms with Gasteiger partial charge in [0.15, 0.2) is 5.96 Å². The molecule has 154 valence electrons. The summed E-state index contributed by atoms with van der Waals surface area (Å²) in [5, 5.41) is 3.40. The fourth-order valence-corrected chi connectivity index (χ4v) is 3.69. The van der Waals surface area contributed by atoms with Crippen molar-refractivity contribution in [1.82, 2.24) is 15.1 Å². The Hall–Kier alpha value is -2.82. The number of nitrogens with one attached hydrogen (secondary N) is 1. The van der Waals surface area contributed by atoms with E-state index >= 15 is 0 Å². The summed E-state index contributed by atoms with van der Waals surface area (Å²) in [4.78, 5) is 21.0. The number of guanidine groups is 1. The molecule has 1 saturated heterocycles. The molecule has 2 aromatic carbocycles. The maximum Gasteiger partial charge on any atom is 0.222 e.